The van der Waals surface area contributed by atoms with Gasteiger partial charge in [-0.15, -0.1) is 0 Å². The van der Waals surface area contributed by atoms with E-state index in [2.05, 4.69) is 6.92 Å². The summed E-state index contributed by atoms with van der Waals surface area (Å²) in [4.78, 5) is 25.8. The quantitative estimate of drug-likeness (QED) is 0.380. The maximum atomic E-state index is 15.5. The minimum absolute atomic E-state index is 0.0267. The molecule has 0 bridgehead atoms. The molecule has 2 N–H and O–H groups in total. The summed E-state index contributed by atoms with van der Waals surface area (Å²) < 4.78 is 59.5. The number of primary amides is 1. The van der Waals surface area contributed by atoms with Crippen LogP contribution in [0.5, 0.6) is 0 Å². The van der Waals surface area contributed by atoms with Crippen molar-refractivity contribution in [2.45, 2.75) is 77.6 Å². The van der Waals surface area contributed by atoms with E-state index in [0.717, 1.165) is 37.3 Å². The van der Waals surface area contributed by atoms with Crippen LogP contribution in [0.2, 0.25) is 0 Å². The van der Waals surface area contributed by atoms with Crippen LogP contribution in [-0.2, 0) is 9.59 Å². The van der Waals surface area contributed by atoms with Crippen molar-refractivity contribution in [2.75, 3.05) is 7.05 Å². The van der Waals surface area contributed by atoms with E-state index in [0.29, 0.717) is 18.5 Å². The number of nitrogens with zero attached hydrogens (tertiary/aromatic N) is 2. The van der Waals surface area contributed by atoms with Crippen LogP contribution in [0.15, 0.2) is 34.7 Å². The number of fused-ring (bicyclic) bond motifs is 5. The molecule has 0 spiro atoms. The number of hydrogen-bond acceptors (Lipinski definition) is 3. The van der Waals surface area contributed by atoms with Gasteiger partial charge in [-0.3, -0.25) is 4.79 Å². The van der Waals surface area contributed by atoms with Gasteiger partial charge in [0.15, 0.2) is 5.83 Å². The SMILES string of the molecule is CC1=C2[C@](C)(CCC(=O)[N+]2(C)C2=C(F)[C@@H](F)C(F)(C#N)C=C2F)[C@H]2CC[C@]3(C)[C@@H](C(N)=O)CC[C@H]3[C@@H]2C1. The van der Waals surface area contributed by atoms with E-state index in [1.54, 1.807) is 0 Å². The van der Waals surface area contributed by atoms with Crippen molar-refractivity contribution in [3.05, 3.63) is 34.7 Å². The van der Waals surface area contributed by atoms with Crippen LogP contribution in [0, 0.1) is 45.8 Å². The molecule has 9 atom stereocenters. The number of nitrogens with two attached hydrogens (primary N) is 1. The molecule has 1 aliphatic heterocycles. The number of likely N-dealkylation sites (tertiary alicyclic amines) is 1. The molecule has 37 heavy (non-hydrogen) atoms. The normalized spacial score (nSPS) is 47.6. The van der Waals surface area contributed by atoms with E-state index in [1.165, 1.54) is 7.05 Å². The zero-order chi connectivity index (χ0) is 27.3. The van der Waals surface area contributed by atoms with Gasteiger partial charge in [0.2, 0.25) is 23.6 Å². The molecule has 5 nitrogen and oxygen atoms in total. The maximum Gasteiger partial charge on any atom is 0.323 e. The lowest BCUT2D eigenvalue weighted by Crippen LogP contribution is -2.62. The van der Waals surface area contributed by atoms with Crippen LogP contribution < -0.4 is 5.73 Å². The molecule has 0 aromatic heterocycles. The van der Waals surface area contributed by atoms with Crippen molar-refractivity contribution >= 4 is 11.8 Å². The number of halogens is 4. The van der Waals surface area contributed by atoms with Crippen LogP contribution in [-0.4, -0.2) is 35.2 Å². The summed E-state index contributed by atoms with van der Waals surface area (Å²) in [5.41, 5.74) is 1.99. The van der Waals surface area contributed by atoms with Crippen LogP contribution >= 0.6 is 0 Å². The van der Waals surface area contributed by atoms with Gasteiger partial charge in [-0.05, 0) is 74.2 Å². The standard InChI is InChI=1S/C28H33F4N3O2/c1-14-11-15-16-5-6-18(25(34)37)26(16,2)9-7-17(15)27(3)10-8-20(36)35(4,24(14)27)22-19(29)12-28(32,13-33)23(31)21(22)30/h12,15-18,23H,5-11H2,1-4H3,(H-,34,37)/p+1/t15-,16-,17-,18+,23+,26-,27+,28?,35?/m0/s1. The number of amides is 2. The van der Waals surface area contributed by atoms with Crippen LogP contribution in [0.4, 0.5) is 17.6 Å². The van der Waals surface area contributed by atoms with Crippen LogP contribution in [0.1, 0.15) is 65.7 Å². The fourth-order valence-corrected chi connectivity index (χ4v) is 9.35. The Labute approximate surface area is 214 Å². The first-order valence-electron chi connectivity index (χ1n) is 13.1. The third-order valence-corrected chi connectivity index (χ3v) is 10.9. The van der Waals surface area contributed by atoms with Crippen molar-refractivity contribution in [3.8, 4) is 6.07 Å². The lowest BCUT2D eigenvalue weighted by Gasteiger charge is -2.59. The van der Waals surface area contributed by atoms with Gasteiger partial charge in [0.25, 0.3) is 5.67 Å². The Morgan fingerprint density at radius 1 is 1.19 bits per heavy atom. The first-order valence-corrected chi connectivity index (χ1v) is 13.1. The van der Waals surface area contributed by atoms with Crippen LogP contribution in [0.25, 0.3) is 0 Å². The fourth-order valence-electron chi connectivity index (χ4n) is 9.35. The Morgan fingerprint density at radius 3 is 2.49 bits per heavy atom. The van der Waals surface area contributed by atoms with Crippen molar-refractivity contribution in [2.24, 2.45) is 40.2 Å². The third-order valence-electron chi connectivity index (χ3n) is 10.9. The number of hydrogen-bond donors (Lipinski definition) is 1. The molecule has 200 valence electrons. The van der Waals surface area contributed by atoms with E-state index in [4.69, 9.17) is 11.0 Å². The topological polar surface area (TPSA) is 83.9 Å². The molecular weight excluding hydrogens is 486 g/mol. The monoisotopic (exact) mass is 520 g/mol. The lowest BCUT2D eigenvalue weighted by molar-refractivity contribution is -0.769. The number of nitriles is 1. The van der Waals surface area contributed by atoms with Gasteiger partial charge in [-0.2, -0.15) is 9.74 Å². The molecule has 0 aromatic carbocycles. The highest BCUT2D eigenvalue weighted by Gasteiger charge is 2.67. The van der Waals surface area contributed by atoms with Crippen LogP contribution in [0.3, 0.4) is 0 Å². The minimum atomic E-state index is -3.48. The van der Waals surface area contributed by atoms with E-state index in [-0.39, 0.29) is 47.5 Å². The number of piperidine rings is 1. The summed E-state index contributed by atoms with van der Waals surface area (Å²) in [6, 6.07) is 1.02. The van der Waals surface area contributed by atoms with E-state index in [9.17, 15) is 18.4 Å². The number of allylic oxidation sites excluding steroid dienone is 5. The largest absolute Gasteiger partial charge is 0.369 e. The molecule has 3 fully saturated rings. The molecule has 2 saturated carbocycles. The van der Waals surface area contributed by atoms with Gasteiger partial charge >= 0.3 is 5.91 Å². The number of carbonyl (C=O) groups excluding carboxylic acids is 2. The maximum absolute atomic E-state index is 15.5. The summed E-state index contributed by atoms with van der Waals surface area (Å²) in [6.07, 6.45) is 1.42. The lowest BCUT2D eigenvalue weighted by atomic mass is 9.47. The Kier molecular flexibility index (Phi) is 5.67. The summed E-state index contributed by atoms with van der Waals surface area (Å²) in [6.45, 7) is 6.04. The van der Waals surface area contributed by atoms with E-state index >= 15 is 8.78 Å². The Morgan fingerprint density at radius 2 is 1.86 bits per heavy atom. The smallest absolute Gasteiger partial charge is 0.323 e. The van der Waals surface area contributed by atoms with Crippen molar-refractivity contribution < 1.29 is 31.6 Å². The Bertz CT molecular complexity index is 1240. The zero-order valence-corrected chi connectivity index (χ0v) is 21.7. The molecule has 1 saturated heterocycles. The van der Waals surface area contributed by atoms with Gasteiger partial charge in [-0.1, -0.05) is 13.8 Å². The molecule has 0 aromatic rings. The Balaban J connectivity index is 1.65. The first kappa shape index (κ1) is 26.1. The van der Waals surface area contributed by atoms with Crippen molar-refractivity contribution in [3.63, 3.8) is 0 Å². The number of carbonyl (C=O) groups is 2. The fraction of sp³-hybridized carbons (Fsp3) is 0.679. The second-order valence-electron chi connectivity index (χ2n) is 12.5. The second kappa shape index (κ2) is 8.02. The molecule has 5 aliphatic rings. The molecule has 2 amide bonds. The molecule has 4 aliphatic carbocycles. The predicted molar refractivity (Wildman–Crippen MR) is 127 cm³/mol. The summed E-state index contributed by atoms with van der Waals surface area (Å²) >= 11 is 0. The zero-order valence-electron chi connectivity index (χ0n) is 21.7. The minimum Gasteiger partial charge on any atom is -0.369 e. The summed E-state index contributed by atoms with van der Waals surface area (Å²) in [5.74, 6) is -3.55. The first-order chi connectivity index (χ1) is 17.2. The molecule has 9 heteroatoms. The molecular formula is C28H34F4N3O2+. The van der Waals surface area contributed by atoms with Crippen molar-refractivity contribution in [1.29, 1.82) is 5.26 Å². The molecule has 2 unspecified atom stereocenters. The van der Waals surface area contributed by atoms with Gasteiger partial charge < -0.3 is 5.73 Å². The highest BCUT2D eigenvalue weighted by atomic mass is 19.2. The highest BCUT2D eigenvalue weighted by molar-refractivity contribution is 5.78. The van der Waals surface area contributed by atoms with Crippen molar-refractivity contribution in [1.82, 2.24) is 0 Å². The molecule has 0 radical (unpaired) electrons. The average Bonchev–Trinajstić information content (AvgIpc) is 3.18. The van der Waals surface area contributed by atoms with Gasteiger partial charge in [-0.25, -0.2) is 22.4 Å². The van der Waals surface area contributed by atoms with Gasteiger partial charge in [0.05, 0.1) is 13.5 Å². The number of rotatable bonds is 2. The average molecular weight is 521 g/mol. The number of quaternary nitrogens is 1. The molecule has 1 heterocycles. The number of alkyl halides is 2. The highest BCUT2D eigenvalue weighted by Crippen LogP contribution is 2.68. The predicted octanol–water partition coefficient (Wildman–Crippen LogP) is 5.60. The third kappa shape index (κ3) is 3.17. The number of likely N-dealkylation sites (N-methyl/N-ethyl adjacent to an activating group) is 1. The van der Waals surface area contributed by atoms with E-state index < -0.39 is 45.0 Å². The summed E-state index contributed by atoms with van der Waals surface area (Å²) in [5, 5.41) is 9.04. The van der Waals surface area contributed by atoms with Gasteiger partial charge in [0.1, 0.15) is 11.8 Å². The summed E-state index contributed by atoms with van der Waals surface area (Å²) in [7, 11) is 1.37. The van der Waals surface area contributed by atoms with E-state index in [1.807, 2.05) is 13.8 Å². The second-order valence-corrected chi connectivity index (χ2v) is 12.5. The van der Waals surface area contributed by atoms with Gasteiger partial charge in [0, 0.05) is 17.4 Å². The molecule has 5 rings (SSSR count). The Hall–Kier alpha value is -2.47.